The first-order valence-corrected chi connectivity index (χ1v) is 4.91. The van der Waals surface area contributed by atoms with E-state index >= 15 is 0 Å². The number of hydrogen-bond donors (Lipinski definition) is 0. The van der Waals surface area contributed by atoms with E-state index in [1.807, 2.05) is 0 Å². The zero-order valence-corrected chi connectivity index (χ0v) is 8.64. The predicted octanol–water partition coefficient (Wildman–Crippen LogP) is 1.79. The van der Waals surface area contributed by atoms with E-state index in [-0.39, 0.29) is 12.0 Å². The largest absolute Gasteiger partial charge is 0.464 e. The molecule has 0 saturated carbocycles. The number of esters is 1. The molecule has 0 radical (unpaired) electrons. The molecule has 0 spiro atoms. The van der Waals surface area contributed by atoms with Gasteiger partial charge in [-0.3, -0.25) is 4.68 Å². The molecular formula is C10H16N2O2. The molecule has 0 aliphatic carbocycles. The maximum atomic E-state index is 11.4. The molecule has 0 aromatic carbocycles. The number of carbonyl (C=O) groups is 1. The quantitative estimate of drug-likeness (QED) is 0.532. The summed E-state index contributed by atoms with van der Waals surface area (Å²) < 4.78 is 6.66. The van der Waals surface area contributed by atoms with E-state index in [1.165, 1.54) is 0 Å². The van der Waals surface area contributed by atoms with Crippen LogP contribution in [0.25, 0.3) is 0 Å². The topological polar surface area (TPSA) is 44.1 Å². The maximum Gasteiger partial charge on any atom is 0.330 e. The van der Waals surface area contributed by atoms with Gasteiger partial charge in [0.25, 0.3) is 0 Å². The number of rotatable bonds is 5. The fourth-order valence-corrected chi connectivity index (χ4v) is 1.06. The molecule has 1 atom stereocenters. The molecule has 1 heterocycles. The van der Waals surface area contributed by atoms with Crippen LogP contribution in [-0.2, 0) is 9.53 Å². The third-order valence-corrected chi connectivity index (χ3v) is 2.01. The Kier molecular flexibility index (Phi) is 4.16. The fraction of sp³-hybridized carbons (Fsp3) is 0.600. The van der Waals surface area contributed by atoms with Crippen LogP contribution in [0.3, 0.4) is 0 Å². The van der Waals surface area contributed by atoms with Crippen molar-refractivity contribution in [3.63, 3.8) is 0 Å². The van der Waals surface area contributed by atoms with Crippen molar-refractivity contribution in [1.29, 1.82) is 0 Å². The minimum atomic E-state index is -0.332. The Labute approximate surface area is 83.9 Å². The second-order valence-electron chi connectivity index (χ2n) is 3.18. The summed E-state index contributed by atoms with van der Waals surface area (Å²) in [5.74, 6) is -0.220. The van der Waals surface area contributed by atoms with Crippen molar-refractivity contribution in [3.8, 4) is 0 Å². The van der Waals surface area contributed by atoms with Gasteiger partial charge in [-0.25, -0.2) is 4.79 Å². The Hall–Kier alpha value is -1.32. The van der Waals surface area contributed by atoms with Crippen molar-refractivity contribution in [2.45, 2.75) is 32.7 Å². The summed E-state index contributed by atoms with van der Waals surface area (Å²) in [7, 11) is 0. The molecule has 0 N–H and O–H groups in total. The highest BCUT2D eigenvalue weighted by molar-refractivity contribution is 5.73. The SMILES string of the molecule is CCCCOC(=O)C(C)n1cccn1. The van der Waals surface area contributed by atoms with Crippen LogP contribution in [0.1, 0.15) is 32.7 Å². The highest BCUT2D eigenvalue weighted by Gasteiger charge is 2.15. The Morgan fingerprint density at radius 2 is 2.43 bits per heavy atom. The van der Waals surface area contributed by atoms with E-state index < -0.39 is 0 Å². The maximum absolute atomic E-state index is 11.4. The molecule has 0 fully saturated rings. The molecule has 4 nitrogen and oxygen atoms in total. The van der Waals surface area contributed by atoms with Gasteiger partial charge in [-0.15, -0.1) is 0 Å². The van der Waals surface area contributed by atoms with E-state index in [9.17, 15) is 4.79 Å². The van der Waals surface area contributed by atoms with Gasteiger partial charge in [0.15, 0.2) is 0 Å². The number of nitrogens with zero attached hydrogens (tertiary/aromatic N) is 2. The van der Waals surface area contributed by atoms with Gasteiger partial charge in [0.1, 0.15) is 6.04 Å². The van der Waals surface area contributed by atoms with E-state index in [0.717, 1.165) is 12.8 Å². The zero-order chi connectivity index (χ0) is 10.4. The molecule has 1 aromatic rings. The van der Waals surface area contributed by atoms with Crippen molar-refractivity contribution in [2.24, 2.45) is 0 Å². The standard InChI is InChI=1S/C10H16N2O2/c1-3-4-8-14-10(13)9(2)12-7-5-6-11-12/h5-7,9H,3-4,8H2,1-2H3. The van der Waals surface area contributed by atoms with Gasteiger partial charge in [0.05, 0.1) is 6.61 Å². The Bertz CT molecular complexity index is 270. The van der Waals surface area contributed by atoms with Gasteiger partial charge >= 0.3 is 5.97 Å². The fourth-order valence-electron chi connectivity index (χ4n) is 1.06. The first-order chi connectivity index (χ1) is 6.75. The Balaban J connectivity index is 2.37. The molecule has 78 valence electrons. The highest BCUT2D eigenvalue weighted by Crippen LogP contribution is 2.06. The molecule has 4 heteroatoms. The normalized spacial score (nSPS) is 12.4. The summed E-state index contributed by atoms with van der Waals surface area (Å²) >= 11 is 0. The summed E-state index contributed by atoms with van der Waals surface area (Å²) in [6.07, 6.45) is 5.35. The van der Waals surface area contributed by atoms with Gasteiger partial charge in [0, 0.05) is 12.4 Å². The lowest BCUT2D eigenvalue weighted by Crippen LogP contribution is -2.19. The van der Waals surface area contributed by atoms with Gasteiger partial charge in [-0.05, 0) is 19.4 Å². The van der Waals surface area contributed by atoms with Crippen LogP contribution in [0.4, 0.5) is 0 Å². The molecule has 0 saturated heterocycles. The molecule has 1 rings (SSSR count). The third kappa shape index (κ3) is 2.87. The van der Waals surface area contributed by atoms with Crippen molar-refractivity contribution < 1.29 is 9.53 Å². The van der Waals surface area contributed by atoms with E-state index in [4.69, 9.17) is 4.74 Å². The molecule has 0 amide bonds. The van der Waals surface area contributed by atoms with Crippen molar-refractivity contribution >= 4 is 5.97 Å². The average Bonchev–Trinajstić information content (AvgIpc) is 2.69. The summed E-state index contributed by atoms with van der Waals surface area (Å²) in [5.41, 5.74) is 0. The van der Waals surface area contributed by atoms with Gasteiger partial charge in [-0.1, -0.05) is 13.3 Å². The monoisotopic (exact) mass is 196 g/mol. The Morgan fingerprint density at radius 3 is 3.00 bits per heavy atom. The van der Waals surface area contributed by atoms with Crippen LogP contribution < -0.4 is 0 Å². The first-order valence-electron chi connectivity index (χ1n) is 4.91. The number of carbonyl (C=O) groups excluding carboxylic acids is 1. The van der Waals surface area contributed by atoms with E-state index in [0.29, 0.717) is 6.61 Å². The van der Waals surface area contributed by atoms with Crippen LogP contribution in [0.5, 0.6) is 0 Å². The van der Waals surface area contributed by atoms with E-state index in [1.54, 1.807) is 30.1 Å². The lowest BCUT2D eigenvalue weighted by Gasteiger charge is -2.11. The van der Waals surface area contributed by atoms with Crippen LogP contribution in [0, 0.1) is 0 Å². The molecule has 0 aliphatic rings. The molecule has 1 aromatic heterocycles. The first kappa shape index (κ1) is 10.8. The second-order valence-corrected chi connectivity index (χ2v) is 3.18. The van der Waals surface area contributed by atoms with Crippen LogP contribution >= 0.6 is 0 Å². The van der Waals surface area contributed by atoms with Crippen LogP contribution in [-0.4, -0.2) is 22.4 Å². The number of unbranched alkanes of at least 4 members (excludes halogenated alkanes) is 1. The molecular weight excluding hydrogens is 180 g/mol. The smallest absolute Gasteiger partial charge is 0.330 e. The summed E-state index contributed by atoms with van der Waals surface area (Å²) in [4.78, 5) is 11.4. The Morgan fingerprint density at radius 1 is 1.64 bits per heavy atom. The van der Waals surface area contributed by atoms with Gasteiger partial charge in [-0.2, -0.15) is 5.10 Å². The minimum Gasteiger partial charge on any atom is -0.464 e. The van der Waals surface area contributed by atoms with Crippen molar-refractivity contribution in [3.05, 3.63) is 18.5 Å². The highest BCUT2D eigenvalue weighted by atomic mass is 16.5. The minimum absolute atomic E-state index is 0.220. The number of aromatic nitrogens is 2. The van der Waals surface area contributed by atoms with Crippen LogP contribution in [0.2, 0.25) is 0 Å². The number of hydrogen-bond acceptors (Lipinski definition) is 3. The lowest BCUT2D eigenvalue weighted by molar-refractivity contribution is -0.147. The molecule has 0 aliphatic heterocycles. The van der Waals surface area contributed by atoms with Crippen molar-refractivity contribution in [2.75, 3.05) is 6.61 Å². The average molecular weight is 196 g/mol. The molecule has 1 unspecified atom stereocenters. The summed E-state index contributed by atoms with van der Waals surface area (Å²) in [6, 6.07) is 1.46. The third-order valence-electron chi connectivity index (χ3n) is 2.01. The lowest BCUT2D eigenvalue weighted by atomic mass is 10.3. The summed E-state index contributed by atoms with van der Waals surface area (Å²) in [5, 5.41) is 3.98. The summed E-state index contributed by atoms with van der Waals surface area (Å²) in [6.45, 7) is 4.34. The second kappa shape index (κ2) is 5.42. The zero-order valence-electron chi connectivity index (χ0n) is 8.64. The number of ether oxygens (including phenoxy) is 1. The molecule has 0 bridgehead atoms. The van der Waals surface area contributed by atoms with E-state index in [2.05, 4.69) is 12.0 Å². The molecule has 14 heavy (non-hydrogen) atoms. The van der Waals surface area contributed by atoms with Crippen LogP contribution in [0.15, 0.2) is 18.5 Å². The predicted molar refractivity (Wildman–Crippen MR) is 52.8 cm³/mol. The van der Waals surface area contributed by atoms with Crippen molar-refractivity contribution in [1.82, 2.24) is 9.78 Å². The van der Waals surface area contributed by atoms with Gasteiger partial charge in [0.2, 0.25) is 0 Å². The van der Waals surface area contributed by atoms with Gasteiger partial charge < -0.3 is 4.74 Å².